The molecule has 1 heterocycles. The molecule has 0 aliphatic heterocycles. The Balaban J connectivity index is 1.68. The van der Waals surface area contributed by atoms with Gasteiger partial charge < -0.3 is 20.4 Å². The molecule has 4 rings (SSSR count). The van der Waals surface area contributed by atoms with E-state index < -0.39 is 15.9 Å². The Morgan fingerprint density at radius 3 is 2.13 bits per heavy atom. The zero-order valence-electron chi connectivity index (χ0n) is 21.8. The molecule has 4 aromatic rings. The minimum Gasteiger partial charge on any atom is -0.492 e. The Kier molecular flexibility index (Phi) is 7.19. The molecule has 1 aromatic heterocycles. The molecule has 0 bridgehead atoms. The lowest BCUT2D eigenvalue weighted by Gasteiger charge is -2.23. The number of ether oxygens (including phenoxy) is 1. The number of nitrogens with one attached hydrogen (secondary N) is 4. The van der Waals surface area contributed by atoms with Crippen molar-refractivity contribution in [1.29, 1.82) is 0 Å². The van der Waals surface area contributed by atoms with Crippen LogP contribution in [-0.2, 0) is 15.4 Å². The van der Waals surface area contributed by atoms with Crippen LogP contribution < -0.4 is 20.1 Å². The van der Waals surface area contributed by atoms with Crippen molar-refractivity contribution in [3.63, 3.8) is 0 Å². The fourth-order valence-electron chi connectivity index (χ4n) is 4.01. The molecular weight excluding hydrogens is 504 g/mol. The molecule has 9 nitrogen and oxygen atoms in total. The van der Waals surface area contributed by atoms with Gasteiger partial charge in [0.25, 0.3) is 11.8 Å². The van der Waals surface area contributed by atoms with E-state index in [9.17, 15) is 18.0 Å². The van der Waals surface area contributed by atoms with Crippen molar-refractivity contribution in [2.75, 3.05) is 28.7 Å². The van der Waals surface area contributed by atoms with Crippen LogP contribution in [0.5, 0.6) is 5.75 Å². The molecule has 10 heteroatoms. The first-order valence-electron chi connectivity index (χ1n) is 11.9. The molecule has 0 spiro atoms. The maximum atomic E-state index is 13.3. The number of carbonyl (C=O) groups excluding carboxylic acids is 2. The van der Waals surface area contributed by atoms with Crippen LogP contribution in [0, 0.1) is 0 Å². The molecule has 0 saturated carbocycles. The van der Waals surface area contributed by atoms with Crippen molar-refractivity contribution in [3.8, 4) is 5.75 Å². The average Bonchev–Trinajstić information content (AvgIpc) is 3.28. The highest BCUT2D eigenvalue weighted by atomic mass is 32.2. The van der Waals surface area contributed by atoms with Crippen molar-refractivity contribution in [2.24, 2.45) is 0 Å². The van der Waals surface area contributed by atoms with Crippen LogP contribution in [0.25, 0.3) is 10.9 Å². The molecule has 198 valence electrons. The number of sulfonamides is 1. The molecule has 0 aliphatic rings. The van der Waals surface area contributed by atoms with E-state index in [0.29, 0.717) is 22.5 Å². The average molecular weight is 535 g/mol. The number of anilines is 3. The number of benzene rings is 3. The first kappa shape index (κ1) is 26.7. The molecule has 0 unspecified atom stereocenters. The SMILES string of the molecule is COc1c(NC(=O)c2cc3cccc(NC(=O)c4ccccc4)c3[nH]2)cc(C(C)(C)C)cc1NS(C)(=O)=O. The number of carbonyl (C=O) groups is 2. The third kappa shape index (κ3) is 5.97. The first-order chi connectivity index (χ1) is 17.9. The number of para-hydroxylation sites is 1. The summed E-state index contributed by atoms with van der Waals surface area (Å²) in [7, 11) is -2.20. The quantitative estimate of drug-likeness (QED) is 0.254. The second kappa shape index (κ2) is 10.2. The van der Waals surface area contributed by atoms with Gasteiger partial charge in [-0.05, 0) is 47.4 Å². The van der Waals surface area contributed by atoms with Gasteiger partial charge >= 0.3 is 0 Å². The van der Waals surface area contributed by atoms with Gasteiger partial charge in [-0.2, -0.15) is 0 Å². The van der Waals surface area contributed by atoms with E-state index >= 15 is 0 Å². The van der Waals surface area contributed by atoms with Gasteiger partial charge in [-0.3, -0.25) is 14.3 Å². The fourth-order valence-corrected chi connectivity index (χ4v) is 4.56. The predicted octanol–water partition coefficient (Wildman–Crippen LogP) is 5.35. The zero-order chi connectivity index (χ0) is 27.7. The molecule has 2 amide bonds. The second-order valence-corrected chi connectivity index (χ2v) is 11.7. The Hall–Kier alpha value is -4.31. The second-order valence-electron chi connectivity index (χ2n) is 9.96. The normalized spacial score (nSPS) is 11.7. The van der Waals surface area contributed by atoms with Crippen molar-refractivity contribution >= 4 is 49.8 Å². The van der Waals surface area contributed by atoms with Crippen LogP contribution in [0.1, 0.15) is 47.2 Å². The molecular formula is C28H30N4O5S. The number of fused-ring (bicyclic) bond motifs is 1. The maximum Gasteiger partial charge on any atom is 0.272 e. The van der Waals surface area contributed by atoms with Gasteiger partial charge in [-0.1, -0.05) is 51.1 Å². The summed E-state index contributed by atoms with van der Waals surface area (Å²) in [6, 6.07) is 19.3. The number of amides is 2. The van der Waals surface area contributed by atoms with E-state index in [0.717, 1.165) is 17.2 Å². The maximum absolute atomic E-state index is 13.3. The third-order valence-electron chi connectivity index (χ3n) is 5.89. The minimum absolute atomic E-state index is 0.184. The first-order valence-corrected chi connectivity index (χ1v) is 13.7. The topological polar surface area (TPSA) is 129 Å². The number of methoxy groups -OCH3 is 1. The summed E-state index contributed by atoms with van der Waals surface area (Å²) < 4.78 is 32.0. The molecule has 0 fully saturated rings. The summed E-state index contributed by atoms with van der Waals surface area (Å²) in [6.45, 7) is 5.94. The van der Waals surface area contributed by atoms with Crippen molar-refractivity contribution in [2.45, 2.75) is 26.2 Å². The summed E-state index contributed by atoms with van der Waals surface area (Å²) in [4.78, 5) is 29.1. The zero-order valence-corrected chi connectivity index (χ0v) is 22.6. The van der Waals surface area contributed by atoms with Crippen molar-refractivity contribution in [3.05, 3.63) is 83.6 Å². The van der Waals surface area contributed by atoms with Crippen LogP contribution in [0.2, 0.25) is 0 Å². The Morgan fingerprint density at radius 2 is 1.50 bits per heavy atom. The Morgan fingerprint density at radius 1 is 0.842 bits per heavy atom. The number of H-pyrrole nitrogens is 1. The van der Waals surface area contributed by atoms with Gasteiger partial charge in [-0.15, -0.1) is 0 Å². The molecule has 3 aromatic carbocycles. The fraction of sp³-hybridized carbons (Fsp3) is 0.214. The van der Waals surface area contributed by atoms with Crippen molar-refractivity contribution < 1.29 is 22.7 Å². The standard InChI is InChI=1S/C28H30N4O5S/c1-28(2,3)19-15-21(25(37-4)22(16-19)32-38(5,35)36)31-27(34)23-14-18-12-9-13-20(24(18)29-23)30-26(33)17-10-7-6-8-11-17/h6-16,29,32H,1-5H3,(H,30,33)(H,31,34). The number of hydrogen-bond acceptors (Lipinski definition) is 5. The van der Waals surface area contributed by atoms with Gasteiger partial charge in [0.2, 0.25) is 10.0 Å². The highest BCUT2D eigenvalue weighted by molar-refractivity contribution is 7.92. The van der Waals surface area contributed by atoms with E-state index in [1.807, 2.05) is 32.9 Å². The number of aromatic nitrogens is 1. The van der Waals surface area contributed by atoms with Crippen LogP contribution in [0.4, 0.5) is 17.1 Å². The van der Waals surface area contributed by atoms with E-state index in [1.54, 1.807) is 54.6 Å². The largest absolute Gasteiger partial charge is 0.492 e. The number of rotatable bonds is 7. The van der Waals surface area contributed by atoms with Crippen LogP contribution in [0.15, 0.2) is 66.7 Å². The summed E-state index contributed by atoms with van der Waals surface area (Å²) in [5.41, 5.74) is 2.88. The Labute approximate surface area is 221 Å². The summed E-state index contributed by atoms with van der Waals surface area (Å²) in [6.07, 6.45) is 1.05. The monoisotopic (exact) mass is 534 g/mol. The molecule has 38 heavy (non-hydrogen) atoms. The summed E-state index contributed by atoms with van der Waals surface area (Å²) in [5, 5.41) is 6.47. The van der Waals surface area contributed by atoms with Crippen LogP contribution >= 0.6 is 0 Å². The summed E-state index contributed by atoms with van der Waals surface area (Å²) in [5.74, 6) is -0.548. The molecule has 0 atom stereocenters. The smallest absolute Gasteiger partial charge is 0.272 e. The van der Waals surface area contributed by atoms with Gasteiger partial charge in [0.1, 0.15) is 5.69 Å². The van der Waals surface area contributed by atoms with Crippen molar-refractivity contribution in [1.82, 2.24) is 4.98 Å². The van der Waals surface area contributed by atoms with E-state index in [1.165, 1.54) is 7.11 Å². The lowest BCUT2D eigenvalue weighted by atomic mass is 9.86. The van der Waals surface area contributed by atoms with E-state index in [4.69, 9.17) is 4.74 Å². The van der Waals surface area contributed by atoms with E-state index in [-0.39, 0.29) is 28.5 Å². The lowest BCUT2D eigenvalue weighted by Crippen LogP contribution is -2.18. The molecule has 0 saturated heterocycles. The highest BCUT2D eigenvalue weighted by Gasteiger charge is 2.23. The van der Waals surface area contributed by atoms with Gasteiger partial charge in [0, 0.05) is 10.9 Å². The van der Waals surface area contributed by atoms with Gasteiger partial charge in [0.05, 0.1) is 35.9 Å². The van der Waals surface area contributed by atoms with Gasteiger partial charge in [-0.25, -0.2) is 8.42 Å². The minimum atomic E-state index is -3.61. The Bertz CT molecular complexity index is 1620. The predicted molar refractivity (Wildman–Crippen MR) is 151 cm³/mol. The molecule has 4 N–H and O–H groups in total. The van der Waals surface area contributed by atoms with Crippen LogP contribution in [0.3, 0.4) is 0 Å². The third-order valence-corrected chi connectivity index (χ3v) is 6.48. The number of aromatic amines is 1. The molecule has 0 aliphatic carbocycles. The number of hydrogen-bond donors (Lipinski definition) is 4. The highest BCUT2D eigenvalue weighted by Crippen LogP contribution is 2.39. The van der Waals surface area contributed by atoms with E-state index in [2.05, 4.69) is 20.3 Å². The van der Waals surface area contributed by atoms with Gasteiger partial charge in [0.15, 0.2) is 5.75 Å². The summed E-state index contributed by atoms with van der Waals surface area (Å²) >= 11 is 0. The lowest BCUT2D eigenvalue weighted by molar-refractivity contribution is 0.101. The van der Waals surface area contributed by atoms with Crippen LogP contribution in [-0.4, -0.2) is 38.6 Å². The molecule has 0 radical (unpaired) electrons.